The molecule has 3 aromatic rings. The highest BCUT2D eigenvalue weighted by molar-refractivity contribution is 7.92. The molecule has 0 saturated carbocycles. The average molecular weight is 420 g/mol. The normalized spacial score (nSPS) is 14.8. The number of hydrogen-bond donors (Lipinski definition) is 2. The number of halogens is 1. The third-order valence-corrected chi connectivity index (χ3v) is 5.86. The van der Waals surface area contributed by atoms with E-state index in [1.165, 1.54) is 0 Å². The number of nitrogens with zero attached hydrogens (tertiary/aromatic N) is 2. The van der Waals surface area contributed by atoms with Crippen molar-refractivity contribution in [1.29, 1.82) is 0 Å². The number of oxime groups is 1. The van der Waals surface area contributed by atoms with Crippen molar-refractivity contribution in [2.24, 2.45) is 5.16 Å². The van der Waals surface area contributed by atoms with Crippen molar-refractivity contribution in [3.8, 4) is 0 Å². The molecule has 8 heteroatoms. The first-order chi connectivity index (χ1) is 13.2. The molecule has 0 fully saturated rings. The van der Waals surface area contributed by atoms with Crippen molar-refractivity contribution < 1.29 is 13.6 Å². The Kier molecular flexibility index (Phi) is 5.41. The van der Waals surface area contributed by atoms with Crippen LogP contribution in [0.15, 0.2) is 59.9 Å². The van der Waals surface area contributed by atoms with Crippen molar-refractivity contribution >= 4 is 43.9 Å². The molecule has 3 rings (SSSR count). The number of fused-ring (bicyclic) bond motifs is 1. The minimum atomic E-state index is -3.42. The number of nitrogens with one attached hydrogen (secondary N) is 1. The fourth-order valence-corrected chi connectivity index (χ4v) is 4.45. The second-order valence-electron chi connectivity index (χ2n) is 6.70. The molecule has 1 atom stereocenters. The number of benzene rings is 2. The Bertz CT molecular complexity index is 1140. The molecule has 2 N–H and O–H groups in total. The van der Waals surface area contributed by atoms with Crippen molar-refractivity contribution in [2.75, 3.05) is 11.0 Å². The summed E-state index contributed by atoms with van der Waals surface area (Å²) in [5.74, 6) is 0. The van der Waals surface area contributed by atoms with Gasteiger partial charge >= 0.3 is 0 Å². The Morgan fingerprint density at radius 2 is 1.89 bits per heavy atom. The van der Waals surface area contributed by atoms with Gasteiger partial charge in [0.2, 0.25) is 10.0 Å². The molecule has 0 aliphatic heterocycles. The molecule has 0 bridgehead atoms. The standard InChI is InChI=1S/C20H22ClN3O3S/c1-4-20(14(2)22-25,15-8-10-16(21)11-9-15)24-13-12-17-18(23-28(3,26)27)6-5-7-19(17)24/h5-13,23,25H,4H2,1-3H3/b22-14+. The highest BCUT2D eigenvalue weighted by atomic mass is 35.5. The van der Waals surface area contributed by atoms with Gasteiger partial charge in [-0.2, -0.15) is 0 Å². The van der Waals surface area contributed by atoms with E-state index in [0.29, 0.717) is 22.8 Å². The fraction of sp³-hybridized carbons (Fsp3) is 0.250. The molecule has 0 aliphatic carbocycles. The third kappa shape index (κ3) is 3.47. The summed E-state index contributed by atoms with van der Waals surface area (Å²) in [6, 6.07) is 14.7. The quantitative estimate of drug-likeness (QED) is 0.346. The zero-order valence-electron chi connectivity index (χ0n) is 15.8. The zero-order chi connectivity index (χ0) is 20.5. The van der Waals surface area contributed by atoms with Crippen LogP contribution in [-0.4, -0.2) is 30.2 Å². The lowest BCUT2D eigenvalue weighted by Gasteiger charge is -2.35. The molecule has 1 unspecified atom stereocenters. The summed E-state index contributed by atoms with van der Waals surface area (Å²) >= 11 is 6.07. The molecule has 1 aromatic heterocycles. The Labute approximate surface area is 169 Å². The Morgan fingerprint density at radius 3 is 2.46 bits per heavy atom. The molecule has 1 heterocycles. The van der Waals surface area contributed by atoms with Gasteiger partial charge in [0, 0.05) is 16.6 Å². The second-order valence-corrected chi connectivity index (χ2v) is 8.89. The molecule has 6 nitrogen and oxygen atoms in total. The van der Waals surface area contributed by atoms with E-state index in [-0.39, 0.29) is 0 Å². The van der Waals surface area contributed by atoms with Gasteiger partial charge in [0.05, 0.1) is 23.2 Å². The number of sulfonamides is 1. The minimum absolute atomic E-state index is 0.499. The maximum Gasteiger partial charge on any atom is 0.229 e. The molecule has 0 amide bonds. The Morgan fingerprint density at radius 1 is 1.21 bits per heavy atom. The highest BCUT2D eigenvalue weighted by Gasteiger charge is 2.37. The number of rotatable bonds is 6. The van der Waals surface area contributed by atoms with E-state index >= 15 is 0 Å². The van der Waals surface area contributed by atoms with Gasteiger partial charge in [0.1, 0.15) is 5.54 Å². The van der Waals surface area contributed by atoms with Crippen molar-refractivity contribution in [3.63, 3.8) is 0 Å². The summed E-state index contributed by atoms with van der Waals surface area (Å²) in [6.07, 6.45) is 3.61. The maximum atomic E-state index is 11.7. The summed E-state index contributed by atoms with van der Waals surface area (Å²) < 4.78 is 28.0. The summed E-state index contributed by atoms with van der Waals surface area (Å²) in [5.41, 5.74) is 1.97. The smallest absolute Gasteiger partial charge is 0.229 e. The lowest BCUT2D eigenvalue weighted by molar-refractivity contribution is 0.308. The molecule has 0 aliphatic rings. The zero-order valence-corrected chi connectivity index (χ0v) is 17.4. The van der Waals surface area contributed by atoms with Crippen LogP contribution in [0.1, 0.15) is 25.8 Å². The van der Waals surface area contributed by atoms with E-state index in [2.05, 4.69) is 9.88 Å². The largest absolute Gasteiger partial charge is 0.411 e. The van der Waals surface area contributed by atoms with Gasteiger partial charge in [-0.1, -0.05) is 41.9 Å². The van der Waals surface area contributed by atoms with Crippen LogP contribution in [0.4, 0.5) is 5.69 Å². The van der Waals surface area contributed by atoms with Crippen LogP contribution in [0.2, 0.25) is 5.02 Å². The van der Waals surface area contributed by atoms with Crippen molar-refractivity contribution in [1.82, 2.24) is 4.57 Å². The van der Waals surface area contributed by atoms with Gasteiger partial charge in [0.15, 0.2) is 0 Å². The second kappa shape index (κ2) is 7.48. The van der Waals surface area contributed by atoms with Crippen LogP contribution < -0.4 is 4.72 Å². The number of hydrogen-bond acceptors (Lipinski definition) is 4. The van der Waals surface area contributed by atoms with E-state index in [9.17, 15) is 13.6 Å². The van der Waals surface area contributed by atoms with Crippen molar-refractivity contribution in [2.45, 2.75) is 25.8 Å². The first kappa shape index (κ1) is 20.2. The Hall–Kier alpha value is -2.51. The first-order valence-corrected chi connectivity index (χ1v) is 11.0. The van der Waals surface area contributed by atoms with E-state index in [1.807, 2.05) is 42.0 Å². The van der Waals surface area contributed by atoms with E-state index < -0.39 is 15.6 Å². The number of aromatic nitrogens is 1. The van der Waals surface area contributed by atoms with Crippen LogP contribution in [0.3, 0.4) is 0 Å². The van der Waals surface area contributed by atoms with Crippen molar-refractivity contribution in [3.05, 3.63) is 65.3 Å². The van der Waals surface area contributed by atoms with E-state index in [0.717, 1.165) is 22.7 Å². The Balaban J connectivity index is 2.31. The van der Waals surface area contributed by atoms with Gasteiger partial charge in [-0.3, -0.25) is 4.72 Å². The minimum Gasteiger partial charge on any atom is -0.411 e. The van der Waals surface area contributed by atoms with Crippen LogP contribution >= 0.6 is 11.6 Å². The summed E-state index contributed by atoms with van der Waals surface area (Å²) in [5, 5.41) is 14.5. The molecule has 0 spiro atoms. The van der Waals surface area contributed by atoms with E-state index in [4.69, 9.17) is 11.6 Å². The van der Waals surface area contributed by atoms with Crippen LogP contribution in [-0.2, 0) is 15.6 Å². The van der Waals surface area contributed by atoms with E-state index in [1.54, 1.807) is 31.2 Å². The summed E-state index contributed by atoms with van der Waals surface area (Å²) in [4.78, 5) is 0. The van der Waals surface area contributed by atoms with Gasteiger partial charge < -0.3 is 9.77 Å². The van der Waals surface area contributed by atoms with Gasteiger partial charge in [-0.15, -0.1) is 0 Å². The van der Waals surface area contributed by atoms with Crippen LogP contribution in [0.25, 0.3) is 10.9 Å². The van der Waals surface area contributed by atoms with Gasteiger partial charge in [-0.25, -0.2) is 8.42 Å². The third-order valence-electron chi connectivity index (χ3n) is 5.02. The SMILES string of the molecule is CCC(/C(C)=N/O)(c1ccc(Cl)cc1)n1ccc2c(NS(C)(=O)=O)cccc21. The molecule has 2 aromatic carbocycles. The predicted molar refractivity (Wildman–Crippen MR) is 114 cm³/mol. The summed E-state index contributed by atoms with van der Waals surface area (Å²) in [6.45, 7) is 3.77. The molecule has 0 radical (unpaired) electrons. The molecule has 148 valence electrons. The topological polar surface area (TPSA) is 83.7 Å². The highest BCUT2D eigenvalue weighted by Crippen LogP contribution is 2.37. The molecule has 28 heavy (non-hydrogen) atoms. The molecular weight excluding hydrogens is 398 g/mol. The van der Waals surface area contributed by atoms with Gasteiger partial charge in [0.25, 0.3) is 0 Å². The monoisotopic (exact) mass is 419 g/mol. The lowest BCUT2D eigenvalue weighted by Crippen LogP contribution is -2.41. The summed E-state index contributed by atoms with van der Waals surface area (Å²) in [7, 11) is -3.42. The fourth-order valence-electron chi connectivity index (χ4n) is 3.75. The maximum absolute atomic E-state index is 11.7. The molecular formula is C20H22ClN3O3S. The number of anilines is 1. The van der Waals surface area contributed by atoms with Gasteiger partial charge in [-0.05, 0) is 49.2 Å². The first-order valence-electron chi connectivity index (χ1n) is 8.76. The average Bonchev–Trinajstić information content (AvgIpc) is 3.08. The molecule has 0 saturated heterocycles. The predicted octanol–water partition coefficient (Wildman–Crippen LogP) is 4.67. The van der Waals surface area contributed by atoms with Crippen LogP contribution in [0.5, 0.6) is 0 Å². The lowest BCUT2D eigenvalue weighted by atomic mass is 9.82. The van der Waals surface area contributed by atoms with Crippen LogP contribution in [0, 0.1) is 0 Å².